The van der Waals surface area contributed by atoms with Crippen LogP contribution in [0.3, 0.4) is 0 Å². The van der Waals surface area contributed by atoms with Crippen molar-refractivity contribution in [2.75, 3.05) is 13.1 Å². The van der Waals surface area contributed by atoms with Crippen LogP contribution < -0.4 is 16.0 Å². The minimum atomic E-state index is 0.228. The van der Waals surface area contributed by atoms with E-state index in [0.717, 1.165) is 56.5 Å². The molecule has 3 atom stereocenters. The van der Waals surface area contributed by atoms with E-state index >= 15 is 0 Å². The first kappa shape index (κ1) is 40.6. The summed E-state index contributed by atoms with van der Waals surface area (Å²) < 4.78 is 0. The molecule has 0 radical (unpaired) electrons. The fraction of sp³-hybridized carbons (Fsp3) is 0.756. The summed E-state index contributed by atoms with van der Waals surface area (Å²) in [5.74, 6) is 2.85. The minimum absolute atomic E-state index is 0.228. The summed E-state index contributed by atoms with van der Waals surface area (Å²) in [6.07, 6.45) is 35.9. The highest BCUT2D eigenvalue weighted by molar-refractivity contribution is 5.06. The fourth-order valence-corrected chi connectivity index (χ4v) is 7.10. The van der Waals surface area contributed by atoms with Gasteiger partial charge in [-0.25, -0.2) is 0 Å². The maximum Gasteiger partial charge on any atom is 0.0255 e. The molecule has 3 N–H and O–H groups in total. The molecular formula is C41H75N3. The summed E-state index contributed by atoms with van der Waals surface area (Å²) >= 11 is 0. The number of hydrogen-bond donors (Lipinski definition) is 3. The second kappa shape index (κ2) is 22.2. The van der Waals surface area contributed by atoms with Gasteiger partial charge in [0.05, 0.1) is 0 Å². The average Bonchev–Trinajstić information content (AvgIpc) is 2.91. The van der Waals surface area contributed by atoms with Gasteiger partial charge < -0.3 is 16.0 Å². The van der Waals surface area contributed by atoms with Crippen molar-refractivity contribution in [1.82, 2.24) is 16.0 Å². The molecular weight excluding hydrogens is 534 g/mol. The van der Waals surface area contributed by atoms with Crippen LogP contribution in [-0.4, -0.2) is 35.7 Å². The lowest BCUT2D eigenvalue weighted by atomic mass is 9.61. The fourth-order valence-electron chi connectivity index (χ4n) is 7.10. The Bertz CT molecular complexity index is 779. The largest absolute Gasteiger partial charge is 0.309 e. The van der Waals surface area contributed by atoms with Gasteiger partial charge in [0.2, 0.25) is 0 Å². The maximum atomic E-state index is 4.08. The zero-order valence-corrected chi connectivity index (χ0v) is 30.7. The van der Waals surface area contributed by atoms with Crippen molar-refractivity contribution in [3.63, 3.8) is 0 Å². The van der Waals surface area contributed by atoms with Crippen LogP contribution in [0.5, 0.6) is 0 Å². The van der Waals surface area contributed by atoms with Crippen LogP contribution in [0.1, 0.15) is 145 Å². The van der Waals surface area contributed by atoms with Gasteiger partial charge in [0, 0.05) is 35.7 Å². The Hall–Kier alpha value is -1.42. The van der Waals surface area contributed by atoms with E-state index in [2.05, 4.69) is 121 Å². The molecule has 3 unspecified atom stereocenters. The Kier molecular flexibility index (Phi) is 20.5. The molecule has 0 aromatic heterocycles. The predicted molar refractivity (Wildman–Crippen MR) is 199 cm³/mol. The normalized spacial score (nSPS) is 26.9. The molecule has 0 saturated heterocycles. The average molecular weight is 610 g/mol. The van der Waals surface area contributed by atoms with Gasteiger partial charge in [-0.15, -0.1) is 13.2 Å². The summed E-state index contributed by atoms with van der Waals surface area (Å²) in [5.41, 5.74) is 0.934. The Morgan fingerprint density at radius 2 is 1.23 bits per heavy atom. The number of fused-ring (bicyclic) bond motifs is 2. The standard InChI is InChI=1S/C17H29N.2C12H23N/c1-13-8-15-9-14(2)11-17(10-13,12-15)18-16-6-4-3-5-7-16;2*1-5-6-7-8-9-10-11-13-12(2,3)4/h4,6,13-16,18H,3,5,7-12H2,1-2H3;2*5,9-10,13H,1,6-8,11H2,2-4H3/b;10-9+;10-9-. The molecule has 3 heteroatoms. The third kappa shape index (κ3) is 21.3. The molecule has 2 saturated carbocycles. The molecule has 0 aromatic rings. The molecule has 0 heterocycles. The second-order valence-corrected chi connectivity index (χ2v) is 16.2. The first-order valence-corrected chi connectivity index (χ1v) is 18.2. The smallest absolute Gasteiger partial charge is 0.0255 e. The molecule has 3 rings (SSSR count). The van der Waals surface area contributed by atoms with Crippen LogP contribution in [0.25, 0.3) is 0 Å². The zero-order chi connectivity index (χ0) is 32.9. The molecule has 0 aromatic carbocycles. The van der Waals surface area contributed by atoms with Crippen molar-refractivity contribution in [2.24, 2.45) is 17.8 Å². The molecule has 0 amide bonds. The number of allylic oxidation sites excluding steroid dienone is 5. The van der Waals surface area contributed by atoms with Gasteiger partial charge in [-0.1, -0.05) is 62.5 Å². The van der Waals surface area contributed by atoms with Gasteiger partial charge in [-0.05, 0) is 149 Å². The van der Waals surface area contributed by atoms with Crippen LogP contribution in [0.15, 0.2) is 61.8 Å². The number of hydrogen-bond acceptors (Lipinski definition) is 3. The van der Waals surface area contributed by atoms with E-state index in [1.807, 2.05) is 12.2 Å². The highest BCUT2D eigenvalue weighted by Crippen LogP contribution is 2.47. The van der Waals surface area contributed by atoms with Crippen LogP contribution in [-0.2, 0) is 0 Å². The molecule has 2 bridgehead atoms. The molecule has 44 heavy (non-hydrogen) atoms. The molecule has 254 valence electrons. The maximum absolute atomic E-state index is 4.08. The predicted octanol–water partition coefficient (Wildman–Crippen LogP) is 10.9. The lowest BCUT2D eigenvalue weighted by Gasteiger charge is -2.52. The van der Waals surface area contributed by atoms with Crippen molar-refractivity contribution in [3.8, 4) is 0 Å². The van der Waals surface area contributed by atoms with E-state index in [9.17, 15) is 0 Å². The van der Waals surface area contributed by atoms with Gasteiger partial charge >= 0.3 is 0 Å². The van der Waals surface area contributed by atoms with E-state index in [0.29, 0.717) is 11.6 Å². The minimum Gasteiger partial charge on any atom is -0.309 e. The highest BCUT2D eigenvalue weighted by atomic mass is 15.0. The van der Waals surface area contributed by atoms with E-state index in [1.54, 1.807) is 0 Å². The lowest BCUT2D eigenvalue weighted by molar-refractivity contribution is 0.0494. The van der Waals surface area contributed by atoms with Crippen molar-refractivity contribution in [1.29, 1.82) is 0 Å². The number of rotatable bonds is 14. The van der Waals surface area contributed by atoms with E-state index in [4.69, 9.17) is 0 Å². The Labute approximate surface area is 276 Å². The number of nitrogens with one attached hydrogen (secondary N) is 3. The highest BCUT2D eigenvalue weighted by Gasteiger charge is 2.44. The van der Waals surface area contributed by atoms with Crippen molar-refractivity contribution in [3.05, 3.63) is 61.8 Å². The third-order valence-electron chi connectivity index (χ3n) is 8.77. The van der Waals surface area contributed by atoms with Gasteiger partial charge in [-0.2, -0.15) is 0 Å². The van der Waals surface area contributed by atoms with Crippen LogP contribution in [0.4, 0.5) is 0 Å². The summed E-state index contributed by atoms with van der Waals surface area (Å²) in [6.45, 7) is 27.3. The van der Waals surface area contributed by atoms with Crippen LogP contribution >= 0.6 is 0 Å². The Balaban J connectivity index is 0.000000340. The zero-order valence-electron chi connectivity index (χ0n) is 30.7. The molecule has 0 aliphatic heterocycles. The quantitative estimate of drug-likeness (QED) is 0.135. The van der Waals surface area contributed by atoms with Crippen LogP contribution in [0.2, 0.25) is 0 Å². The summed E-state index contributed by atoms with van der Waals surface area (Å²) in [7, 11) is 0. The Morgan fingerprint density at radius 1 is 0.727 bits per heavy atom. The first-order chi connectivity index (χ1) is 20.8. The summed E-state index contributed by atoms with van der Waals surface area (Å²) in [4.78, 5) is 0. The summed E-state index contributed by atoms with van der Waals surface area (Å²) in [6, 6.07) is 0.662. The first-order valence-electron chi connectivity index (χ1n) is 18.2. The van der Waals surface area contributed by atoms with Crippen molar-refractivity contribution in [2.45, 2.75) is 168 Å². The van der Waals surface area contributed by atoms with E-state index in [-0.39, 0.29) is 11.1 Å². The van der Waals surface area contributed by atoms with Gasteiger partial charge in [-0.3, -0.25) is 0 Å². The molecule has 2 fully saturated rings. The second-order valence-electron chi connectivity index (χ2n) is 16.2. The molecule has 3 nitrogen and oxygen atoms in total. The van der Waals surface area contributed by atoms with E-state index < -0.39 is 0 Å². The number of unbranched alkanes of at least 4 members (excludes halogenated alkanes) is 4. The topological polar surface area (TPSA) is 36.1 Å². The SMILES string of the molecule is C=CCCC/C=C/CNC(C)(C)C.C=CCCC/C=C\CNC(C)(C)C.CC1CC2CC(C)CC(NC3C=CCCC3)(C1)C2. The van der Waals surface area contributed by atoms with E-state index in [1.165, 1.54) is 64.2 Å². The third-order valence-corrected chi connectivity index (χ3v) is 8.77. The van der Waals surface area contributed by atoms with Gasteiger partial charge in [0.25, 0.3) is 0 Å². The van der Waals surface area contributed by atoms with Gasteiger partial charge in [0.1, 0.15) is 0 Å². The molecule has 0 spiro atoms. The van der Waals surface area contributed by atoms with Crippen LogP contribution in [0, 0.1) is 17.8 Å². The molecule has 3 aliphatic rings. The van der Waals surface area contributed by atoms with Crippen molar-refractivity contribution < 1.29 is 0 Å². The Morgan fingerprint density at radius 3 is 1.64 bits per heavy atom. The van der Waals surface area contributed by atoms with Gasteiger partial charge in [0.15, 0.2) is 0 Å². The van der Waals surface area contributed by atoms with Crippen molar-refractivity contribution >= 4 is 0 Å². The monoisotopic (exact) mass is 610 g/mol. The lowest BCUT2D eigenvalue weighted by Crippen LogP contribution is -2.57. The molecule has 3 aliphatic carbocycles. The summed E-state index contributed by atoms with van der Waals surface area (Å²) in [5, 5.41) is 10.9.